The fourth-order valence-corrected chi connectivity index (χ4v) is 3.27. The lowest BCUT2D eigenvalue weighted by molar-refractivity contribution is 0.0745. The molecule has 1 aromatic heterocycles. The van der Waals surface area contributed by atoms with Gasteiger partial charge in [0.05, 0.1) is 0 Å². The summed E-state index contributed by atoms with van der Waals surface area (Å²) in [5, 5.41) is 0. The van der Waals surface area contributed by atoms with Crippen LogP contribution in [0.25, 0.3) is 0 Å². The second-order valence-corrected chi connectivity index (χ2v) is 7.48. The van der Waals surface area contributed by atoms with Crippen LogP contribution in [0, 0.1) is 20.8 Å². The first-order valence-corrected chi connectivity index (χ1v) is 9.32. The van der Waals surface area contributed by atoms with Gasteiger partial charge in [-0.15, -0.1) is 0 Å². The molecule has 1 aliphatic heterocycles. The number of carbonyl (C=O) groups excluding carboxylic acids is 1. The van der Waals surface area contributed by atoms with Gasteiger partial charge in [-0.1, -0.05) is 31.5 Å². The van der Waals surface area contributed by atoms with Gasteiger partial charge in [0.25, 0.3) is 5.91 Å². The number of anilines is 1. The molecule has 0 bridgehead atoms. The average molecular weight is 352 g/mol. The molecule has 5 heteroatoms. The minimum absolute atomic E-state index is 0.132. The number of aromatic nitrogens is 2. The first kappa shape index (κ1) is 18.4. The molecule has 0 spiro atoms. The van der Waals surface area contributed by atoms with Crippen LogP contribution in [0.3, 0.4) is 0 Å². The smallest absolute Gasteiger partial charge is 0.254 e. The predicted molar refractivity (Wildman–Crippen MR) is 105 cm³/mol. The SMILES string of the molecule is Cc1ccc(C)c(C(=O)N2CCN(c3cc(C)nc(C(C)C)n3)CC2)c1. The van der Waals surface area contributed by atoms with E-state index in [1.807, 2.05) is 49.9 Å². The van der Waals surface area contributed by atoms with Crippen molar-refractivity contribution in [1.82, 2.24) is 14.9 Å². The zero-order valence-corrected chi connectivity index (χ0v) is 16.4. The average Bonchev–Trinajstić information content (AvgIpc) is 2.62. The number of amides is 1. The Kier molecular flexibility index (Phi) is 5.25. The number of rotatable bonds is 3. The van der Waals surface area contributed by atoms with Crippen LogP contribution in [0.2, 0.25) is 0 Å². The Morgan fingerprint density at radius 1 is 1.00 bits per heavy atom. The molecule has 0 aliphatic carbocycles. The van der Waals surface area contributed by atoms with Crippen LogP contribution in [0.1, 0.15) is 52.8 Å². The number of piperazine rings is 1. The lowest BCUT2D eigenvalue weighted by Gasteiger charge is -2.36. The summed E-state index contributed by atoms with van der Waals surface area (Å²) in [6.07, 6.45) is 0. The summed E-state index contributed by atoms with van der Waals surface area (Å²) in [6, 6.07) is 8.10. The van der Waals surface area contributed by atoms with Crippen molar-refractivity contribution in [3.63, 3.8) is 0 Å². The highest BCUT2D eigenvalue weighted by Gasteiger charge is 2.24. The molecule has 1 aromatic carbocycles. The normalized spacial score (nSPS) is 14.8. The van der Waals surface area contributed by atoms with E-state index < -0.39 is 0 Å². The third kappa shape index (κ3) is 3.87. The standard InChI is InChI=1S/C21H28N4O/c1-14(2)20-22-17(5)13-19(23-20)24-8-10-25(11-9-24)21(26)18-12-15(3)6-7-16(18)4/h6-7,12-14H,8-11H2,1-5H3. The summed E-state index contributed by atoms with van der Waals surface area (Å²) in [5.74, 6) is 2.29. The van der Waals surface area contributed by atoms with E-state index in [4.69, 9.17) is 4.98 Å². The van der Waals surface area contributed by atoms with E-state index >= 15 is 0 Å². The van der Waals surface area contributed by atoms with E-state index in [2.05, 4.69) is 23.7 Å². The monoisotopic (exact) mass is 352 g/mol. The van der Waals surface area contributed by atoms with Gasteiger partial charge in [0, 0.05) is 49.4 Å². The molecule has 0 unspecified atom stereocenters. The molecule has 1 saturated heterocycles. The molecule has 138 valence electrons. The van der Waals surface area contributed by atoms with Crippen molar-refractivity contribution in [3.8, 4) is 0 Å². The Balaban J connectivity index is 1.71. The minimum atomic E-state index is 0.132. The molecule has 26 heavy (non-hydrogen) atoms. The van der Waals surface area contributed by atoms with Crippen molar-refractivity contribution in [2.24, 2.45) is 0 Å². The molecule has 3 rings (SSSR count). The first-order valence-electron chi connectivity index (χ1n) is 9.32. The maximum Gasteiger partial charge on any atom is 0.254 e. The largest absolute Gasteiger partial charge is 0.353 e. The van der Waals surface area contributed by atoms with Crippen LogP contribution in [0.4, 0.5) is 5.82 Å². The Bertz CT molecular complexity index is 808. The van der Waals surface area contributed by atoms with Gasteiger partial charge in [0.1, 0.15) is 11.6 Å². The Morgan fingerprint density at radius 2 is 1.69 bits per heavy atom. The Hall–Kier alpha value is -2.43. The first-order chi connectivity index (χ1) is 12.3. The summed E-state index contributed by atoms with van der Waals surface area (Å²) in [7, 11) is 0. The van der Waals surface area contributed by atoms with Crippen LogP contribution in [-0.4, -0.2) is 47.0 Å². The van der Waals surface area contributed by atoms with Crippen molar-refractivity contribution in [2.45, 2.75) is 40.5 Å². The van der Waals surface area contributed by atoms with Crippen molar-refractivity contribution in [1.29, 1.82) is 0 Å². The number of benzene rings is 1. The molecule has 0 atom stereocenters. The molecule has 1 fully saturated rings. The van der Waals surface area contributed by atoms with Crippen LogP contribution >= 0.6 is 0 Å². The number of hydrogen-bond donors (Lipinski definition) is 0. The minimum Gasteiger partial charge on any atom is -0.353 e. The second kappa shape index (κ2) is 7.44. The van der Waals surface area contributed by atoms with E-state index in [0.29, 0.717) is 19.0 Å². The summed E-state index contributed by atoms with van der Waals surface area (Å²) < 4.78 is 0. The van der Waals surface area contributed by atoms with Crippen molar-refractivity contribution < 1.29 is 4.79 Å². The number of carbonyl (C=O) groups is 1. The topological polar surface area (TPSA) is 49.3 Å². The van der Waals surface area contributed by atoms with Gasteiger partial charge in [-0.3, -0.25) is 4.79 Å². The zero-order valence-electron chi connectivity index (χ0n) is 16.4. The van der Waals surface area contributed by atoms with Gasteiger partial charge in [-0.2, -0.15) is 0 Å². The third-order valence-corrected chi connectivity index (χ3v) is 4.89. The second-order valence-electron chi connectivity index (χ2n) is 7.48. The van der Waals surface area contributed by atoms with Gasteiger partial charge >= 0.3 is 0 Å². The molecular weight excluding hydrogens is 324 g/mol. The highest BCUT2D eigenvalue weighted by atomic mass is 16.2. The fraction of sp³-hybridized carbons (Fsp3) is 0.476. The Labute approximate surface area is 156 Å². The molecular formula is C21H28N4O. The van der Waals surface area contributed by atoms with E-state index in [1.54, 1.807) is 0 Å². The van der Waals surface area contributed by atoms with Gasteiger partial charge in [0.2, 0.25) is 0 Å². The molecule has 5 nitrogen and oxygen atoms in total. The maximum atomic E-state index is 12.9. The highest BCUT2D eigenvalue weighted by Crippen LogP contribution is 2.20. The third-order valence-electron chi connectivity index (χ3n) is 4.89. The number of nitrogens with zero attached hydrogens (tertiary/aromatic N) is 4. The number of hydrogen-bond acceptors (Lipinski definition) is 4. The predicted octanol–water partition coefficient (Wildman–Crippen LogP) is 3.49. The van der Waals surface area contributed by atoms with Crippen molar-refractivity contribution >= 4 is 11.7 Å². The van der Waals surface area contributed by atoms with E-state index in [9.17, 15) is 4.79 Å². The maximum absolute atomic E-state index is 12.9. The molecule has 0 N–H and O–H groups in total. The number of aryl methyl sites for hydroxylation is 3. The van der Waals surface area contributed by atoms with Gasteiger partial charge in [0.15, 0.2) is 0 Å². The fourth-order valence-electron chi connectivity index (χ4n) is 3.27. The highest BCUT2D eigenvalue weighted by molar-refractivity contribution is 5.96. The van der Waals surface area contributed by atoms with Crippen molar-refractivity contribution in [3.05, 3.63) is 52.5 Å². The molecule has 2 heterocycles. The molecule has 1 amide bonds. The van der Waals surface area contributed by atoms with Crippen LogP contribution in [-0.2, 0) is 0 Å². The van der Waals surface area contributed by atoms with Crippen LogP contribution in [0.15, 0.2) is 24.3 Å². The summed E-state index contributed by atoms with van der Waals surface area (Å²) in [6.45, 7) is 13.3. The Morgan fingerprint density at radius 3 is 2.35 bits per heavy atom. The summed E-state index contributed by atoms with van der Waals surface area (Å²) in [4.78, 5) is 26.4. The van der Waals surface area contributed by atoms with E-state index in [1.165, 1.54) is 0 Å². The van der Waals surface area contributed by atoms with Gasteiger partial charge < -0.3 is 9.80 Å². The summed E-state index contributed by atoms with van der Waals surface area (Å²) in [5.41, 5.74) is 3.97. The van der Waals surface area contributed by atoms with E-state index in [-0.39, 0.29) is 5.91 Å². The quantitative estimate of drug-likeness (QED) is 0.848. The van der Waals surface area contributed by atoms with Gasteiger partial charge in [-0.05, 0) is 32.4 Å². The van der Waals surface area contributed by atoms with E-state index in [0.717, 1.165) is 47.1 Å². The molecule has 0 saturated carbocycles. The van der Waals surface area contributed by atoms with Crippen LogP contribution < -0.4 is 4.90 Å². The van der Waals surface area contributed by atoms with Gasteiger partial charge in [-0.25, -0.2) is 9.97 Å². The lowest BCUT2D eigenvalue weighted by Crippen LogP contribution is -2.49. The molecule has 1 aliphatic rings. The zero-order chi connectivity index (χ0) is 18.8. The summed E-state index contributed by atoms with van der Waals surface area (Å²) >= 11 is 0. The molecule has 2 aromatic rings. The van der Waals surface area contributed by atoms with Crippen LogP contribution in [0.5, 0.6) is 0 Å². The molecule has 0 radical (unpaired) electrons. The van der Waals surface area contributed by atoms with Crippen molar-refractivity contribution in [2.75, 3.05) is 31.1 Å². The lowest BCUT2D eigenvalue weighted by atomic mass is 10.0.